The van der Waals surface area contributed by atoms with Gasteiger partial charge >= 0.3 is 0 Å². The van der Waals surface area contributed by atoms with E-state index in [1.165, 1.54) is 11.3 Å². The van der Waals surface area contributed by atoms with Crippen molar-refractivity contribution in [3.05, 3.63) is 44.2 Å². The average molecular weight is 325 g/mol. The van der Waals surface area contributed by atoms with Gasteiger partial charge in [0.25, 0.3) is 5.91 Å². The van der Waals surface area contributed by atoms with Crippen LogP contribution in [0, 0.1) is 6.92 Å². The molecule has 0 unspecified atom stereocenters. The van der Waals surface area contributed by atoms with E-state index < -0.39 is 0 Å². The first kappa shape index (κ1) is 13.2. The minimum Gasteiger partial charge on any atom is -0.306 e. The molecule has 0 saturated carbocycles. The first-order valence-corrected chi connectivity index (χ1v) is 7.29. The molecule has 0 aliphatic carbocycles. The van der Waals surface area contributed by atoms with E-state index in [0.29, 0.717) is 5.82 Å². The lowest BCUT2D eigenvalue weighted by molar-refractivity contribution is 0.102. The van der Waals surface area contributed by atoms with E-state index >= 15 is 0 Å². The summed E-state index contributed by atoms with van der Waals surface area (Å²) < 4.78 is 0.936. The number of carbonyl (C=O) groups is 1. The molecule has 18 heavy (non-hydrogen) atoms. The number of amides is 1. The minimum absolute atomic E-state index is 0.0870. The lowest BCUT2D eigenvalue weighted by atomic mass is 10.2. The van der Waals surface area contributed by atoms with E-state index in [1.807, 2.05) is 31.4 Å². The number of aryl methyl sites for hydroxylation is 2. The molecular weight excluding hydrogens is 312 g/mol. The number of carbonyl (C=O) groups excluding carboxylic acids is 1. The molecule has 1 N–H and O–H groups in total. The van der Waals surface area contributed by atoms with Gasteiger partial charge in [0.05, 0.1) is 4.88 Å². The topological polar surface area (TPSA) is 42.0 Å². The highest BCUT2D eigenvalue weighted by molar-refractivity contribution is 9.10. The number of pyridine rings is 1. The molecule has 0 saturated heterocycles. The van der Waals surface area contributed by atoms with Crippen LogP contribution in [0.25, 0.3) is 0 Å². The van der Waals surface area contributed by atoms with Crippen molar-refractivity contribution in [2.45, 2.75) is 20.3 Å². The van der Waals surface area contributed by atoms with Crippen molar-refractivity contribution in [3.63, 3.8) is 0 Å². The predicted octanol–water partition coefficient (Wildman–Crippen LogP) is 4.03. The molecule has 3 nitrogen and oxygen atoms in total. The predicted molar refractivity (Wildman–Crippen MR) is 78.3 cm³/mol. The molecule has 0 spiro atoms. The van der Waals surface area contributed by atoms with Crippen LogP contribution in [0.3, 0.4) is 0 Å². The van der Waals surface area contributed by atoms with Crippen LogP contribution in [0.4, 0.5) is 5.82 Å². The summed E-state index contributed by atoms with van der Waals surface area (Å²) in [5.41, 5.74) is 2.12. The maximum absolute atomic E-state index is 12.1. The van der Waals surface area contributed by atoms with Crippen LogP contribution in [0.1, 0.15) is 27.7 Å². The Morgan fingerprint density at radius 3 is 3.00 bits per heavy atom. The van der Waals surface area contributed by atoms with Gasteiger partial charge in [-0.3, -0.25) is 4.79 Å². The van der Waals surface area contributed by atoms with Gasteiger partial charge in [-0.2, -0.15) is 0 Å². The van der Waals surface area contributed by atoms with Gasteiger partial charge in [-0.25, -0.2) is 4.98 Å². The molecule has 0 bridgehead atoms. The van der Waals surface area contributed by atoms with Gasteiger partial charge in [-0.1, -0.05) is 6.92 Å². The normalized spacial score (nSPS) is 10.4. The zero-order valence-electron chi connectivity index (χ0n) is 10.2. The first-order chi connectivity index (χ1) is 8.61. The second kappa shape index (κ2) is 5.63. The van der Waals surface area contributed by atoms with Crippen molar-refractivity contribution in [2.75, 3.05) is 5.32 Å². The summed E-state index contributed by atoms with van der Waals surface area (Å²) in [6.45, 7) is 4.00. The second-order valence-electron chi connectivity index (χ2n) is 3.90. The van der Waals surface area contributed by atoms with Gasteiger partial charge in [0, 0.05) is 10.7 Å². The Hall–Kier alpha value is -1.20. The molecule has 0 aromatic carbocycles. The summed E-state index contributed by atoms with van der Waals surface area (Å²) in [4.78, 5) is 17.0. The van der Waals surface area contributed by atoms with Crippen LogP contribution >= 0.6 is 27.3 Å². The Labute approximate surface area is 118 Å². The smallest absolute Gasteiger partial charge is 0.267 e. The van der Waals surface area contributed by atoms with Crippen molar-refractivity contribution >= 4 is 39.0 Å². The number of nitrogens with zero attached hydrogens (tertiary/aromatic N) is 1. The standard InChI is InChI=1S/C13H13BrN2OS/c1-3-9-4-5-18-12(9)13(17)16-11-6-8(2)10(14)7-15-11/h4-7H,3H2,1-2H3,(H,15,16,17). The molecule has 5 heteroatoms. The quantitative estimate of drug-likeness (QED) is 0.926. The third kappa shape index (κ3) is 2.79. The SMILES string of the molecule is CCc1ccsc1C(=O)Nc1cc(C)c(Br)cn1. The summed E-state index contributed by atoms with van der Waals surface area (Å²) in [5.74, 6) is 0.493. The van der Waals surface area contributed by atoms with Crippen molar-refractivity contribution < 1.29 is 4.79 Å². The fourth-order valence-electron chi connectivity index (χ4n) is 1.59. The maximum atomic E-state index is 12.1. The summed E-state index contributed by atoms with van der Waals surface area (Å²) in [7, 11) is 0. The minimum atomic E-state index is -0.0870. The molecule has 0 atom stereocenters. The van der Waals surface area contributed by atoms with Gasteiger partial charge < -0.3 is 5.32 Å². The van der Waals surface area contributed by atoms with Crippen LogP contribution in [-0.4, -0.2) is 10.9 Å². The highest BCUT2D eigenvalue weighted by atomic mass is 79.9. The number of thiophene rings is 1. The molecule has 0 aliphatic heterocycles. The summed E-state index contributed by atoms with van der Waals surface area (Å²) in [5, 5.41) is 4.77. The van der Waals surface area contributed by atoms with E-state index in [9.17, 15) is 4.79 Å². The van der Waals surface area contributed by atoms with Crippen LogP contribution in [-0.2, 0) is 6.42 Å². The first-order valence-electron chi connectivity index (χ1n) is 5.61. The number of hydrogen-bond acceptors (Lipinski definition) is 3. The molecule has 0 aliphatic rings. The molecule has 94 valence electrons. The van der Waals surface area contributed by atoms with Gasteiger partial charge in [0.15, 0.2) is 0 Å². The van der Waals surface area contributed by atoms with E-state index in [0.717, 1.165) is 26.9 Å². The molecule has 2 rings (SSSR count). The van der Waals surface area contributed by atoms with E-state index in [-0.39, 0.29) is 5.91 Å². The highest BCUT2D eigenvalue weighted by Gasteiger charge is 2.12. The second-order valence-corrected chi connectivity index (χ2v) is 5.67. The van der Waals surface area contributed by atoms with Gasteiger partial charge in [0.2, 0.25) is 0 Å². The Balaban J connectivity index is 2.19. The average Bonchev–Trinajstić information content (AvgIpc) is 2.82. The fourth-order valence-corrected chi connectivity index (χ4v) is 2.70. The maximum Gasteiger partial charge on any atom is 0.267 e. The highest BCUT2D eigenvalue weighted by Crippen LogP contribution is 2.21. The van der Waals surface area contributed by atoms with Crippen LogP contribution in [0.15, 0.2) is 28.2 Å². The lowest BCUT2D eigenvalue weighted by Gasteiger charge is -2.06. The molecular formula is C13H13BrN2OS. The van der Waals surface area contributed by atoms with Gasteiger partial charge in [-0.15, -0.1) is 11.3 Å². The monoisotopic (exact) mass is 324 g/mol. The number of aromatic nitrogens is 1. The summed E-state index contributed by atoms with van der Waals surface area (Å²) in [6.07, 6.45) is 2.55. The van der Waals surface area contributed by atoms with E-state index in [4.69, 9.17) is 0 Å². The number of hydrogen-bond donors (Lipinski definition) is 1. The Bertz CT molecular complexity index is 580. The lowest BCUT2D eigenvalue weighted by Crippen LogP contribution is -2.13. The largest absolute Gasteiger partial charge is 0.306 e. The summed E-state index contributed by atoms with van der Waals surface area (Å²) in [6, 6.07) is 3.83. The third-order valence-corrected chi connectivity index (χ3v) is 4.41. The zero-order chi connectivity index (χ0) is 13.1. The van der Waals surface area contributed by atoms with Crippen LogP contribution in [0.2, 0.25) is 0 Å². The van der Waals surface area contributed by atoms with Crippen molar-refractivity contribution in [3.8, 4) is 0 Å². The van der Waals surface area contributed by atoms with Crippen LogP contribution < -0.4 is 5.32 Å². The van der Waals surface area contributed by atoms with E-state index in [2.05, 4.69) is 26.2 Å². The number of nitrogens with one attached hydrogen (secondary N) is 1. The van der Waals surface area contributed by atoms with Crippen molar-refractivity contribution in [2.24, 2.45) is 0 Å². The zero-order valence-corrected chi connectivity index (χ0v) is 12.6. The molecule has 1 amide bonds. The molecule has 2 aromatic rings. The number of halogens is 1. The number of rotatable bonds is 3. The van der Waals surface area contributed by atoms with Crippen molar-refractivity contribution in [1.29, 1.82) is 0 Å². The number of anilines is 1. The molecule has 2 aromatic heterocycles. The molecule has 0 fully saturated rings. The van der Waals surface area contributed by atoms with Gasteiger partial charge in [0.1, 0.15) is 5.82 Å². The Morgan fingerprint density at radius 2 is 2.33 bits per heavy atom. The third-order valence-electron chi connectivity index (χ3n) is 2.62. The summed E-state index contributed by atoms with van der Waals surface area (Å²) >= 11 is 4.84. The molecule has 0 radical (unpaired) electrons. The van der Waals surface area contributed by atoms with E-state index in [1.54, 1.807) is 6.20 Å². The Morgan fingerprint density at radius 1 is 1.56 bits per heavy atom. The van der Waals surface area contributed by atoms with Crippen LogP contribution in [0.5, 0.6) is 0 Å². The molecule has 2 heterocycles. The fraction of sp³-hybridized carbons (Fsp3) is 0.231. The van der Waals surface area contributed by atoms with Crippen molar-refractivity contribution in [1.82, 2.24) is 4.98 Å². The Kier molecular flexibility index (Phi) is 4.14. The van der Waals surface area contributed by atoms with Gasteiger partial charge in [-0.05, 0) is 57.9 Å².